The third-order valence-corrected chi connectivity index (χ3v) is 3.21. The molecular formula is C15H18FNO4. The van der Waals surface area contributed by atoms with Gasteiger partial charge in [0.2, 0.25) is 0 Å². The minimum Gasteiger partial charge on any atom is -0.480 e. The van der Waals surface area contributed by atoms with E-state index < -0.39 is 29.5 Å². The second kappa shape index (κ2) is 5.35. The molecule has 0 unspecified atom stereocenters. The Hall–Kier alpha value is -2.11. The zero-order valence-corrected chi connectivity index (χ0v) is 12.2. The molecular weight excluding hydrogens is 277 g/mol. The summed E-state index contributed by atoms with van der Waals surface area (Å²) in [5, 5.41) is 9.31. The Labute approximate surface area is 122 Å². The van der Waals surface area contributed by atoms with Crippen LogP contribution < -0.4 is 0 Å². The monoisotopic (exact) mass is 295 g/mol. The van der Waals surface area contributed by atoms with Crippen LogP contribution in [0.2, 0.25) is 0 Å². The maximum Gasteiger partial charge on any atom is 0.411 e. The lowest BCUT2D eigenvalue weighted by Crippen LogP contribution is -2.50. The fraction of sp³-hybridized carbons (Fsp3) is 0.467. The van der Waals surface area contributed by atoms with Gasteiger partial charge in [0.1, 0.15) is 17.5 Å². The number of carbonyl (C=O) groups is 2. The van der Waals surface area contributed by atoms with Crippen molar-refractivity contribution in [2.45, 2.75) is 45.4 Å². The van der Waals surface area contributed by atoms with E-state index in [1.54, 1.807) is 26.8 Å². The Morgan fingerprint density at radius 2 is 2.00 bits per heavy atom. The lowest BCUT2D eigenvalue weighted by atomic mass is 9.94. The second-order valence-electron chi connectivity index (χ2n) is 6.08. The molecule has 114 valence electrons. The number of carbonyl (C=O) groups excluding carboxylic acids is 1. The zero-order chi connectivity index (χ0) is 15.8. The molecule has 0 saturated carbocycles. The van der Waals surface area contributed by atoms with Crippen molar-refractivity contribution >= 4 is 12.1 Å². The van der Waals surface area contributed by atoms with E-state index in [-0.39, 0.29) is 13.0 Å². The Morgan fingerprint density at radius 3 is 2.57 bits per heavy atom. The lowest BCUT2D eigenvalue weighted by molar-refractivity contribution is -0.143. The summed E-state index contributed by atoms with van der Waals surface area (Å²) < 4.78 is 18.5. The fourth-order valence-corrected chi connectivity index (χ4v) is 2.28. The number of ether oxygens (including phenoxy) is 1. The molecule has 1 heterocycles. The summed E-state index contributed by atoms with van der Waals surface area (Å²) in [6.07, 6.45) is -0.605. The van der Waals surface area contributed by atoms with Gasteiger partial charge in [0.05, 0.1) is 6.54 Å². The highest BCUT2D eigenvalue weighted by Crippen LogP contribution is 2.26. The van der Waals surface area contributed by atoms with Crippen LogP contribution in [-0.2, 0) is 22.5 Å². The average molecular weight is 295 g/mol. The molecule has 0 bridgehead atoms. The first-order chi connectivity index (χ1) is 9.67. The molecule has 0 saturated heterocycles. The Morgan fingerprint density at radius 1 is 1.33 bits per heavy atom. The molecule has 1 aliphatic heterocycles. The molecule has 1 atom stereocenters. The van der Waals surface area contributed by atoms with Crippen molar-refractivity contribution in [1.29, 1.82) is 0 Å². The van der Waals surface area contributed by atoms with Gasteiger partial charge in [-0.05, 0) is 44.0 Å². The summed E-state index contributed by atoms with van der Waals surface area (Å²) in [7, 11) is 0. The summed E-state index contributed by atoms with van der Waals surface area (Å²) in [5.74, 6) is -1.54. The zero-order valence-electron chi connectivity index (χ0n) is 12.2. The van der Waals surface area contributed by atoms with Crippen molar-refractivity contribution in [2.24, 2.45) is 0 Å². The predicted molar refractivity (Wildman–Crippen MR) is 73.3 cm³/mol. The van der Waals surface area contributed by atoms with Crippen LogP contribution in [0.15, 0.2) is 18.2 Å². The van der Waals surface area contributed by atoms with E-state index in [0.717, 1.165) is 5.56 Å². The predicted octanol–water partition coefficient (Wildman–Crippen LogP) is 2.57. The van der Waals surface area contributed by atoms with Crippen molar-refractivity contribution in [3.63, 3.8) is 0 Å². The van der Waals surface area contributed by atoms with Crippen LogP contribution in [0.1, 0.15) is 31.9 Å². The number of halogens is 1. The number of hydrogen-bond acceptors (Lipinski definition) is 3. The molecule has 0 radical (unpaired) electrons. The minimum absolute atomic E-state index is 0.0711. The first-order valence-electron chi connectivity index (χ1n) is 6.67. The van der Waals surface area contributed by atoms with Crippen molar-refractivity contribution in [2.75, 3.05) is 0 Å². The summed E-state index contributed by atoms with van der Waals surface area (Å²) in [4.78, 5) is 24.7. The lowest BCUT2D eigenvalue weighted by Gasteiger charge is -2.35. The van der Waals surface area contributed by atoms with E-state index in [9.17, 15) is 19.1 Å². The Kier molecular flexibility index (Phi) is 3.89. The van der Waals surface area contributed by atoms with E-state index in [1.807, 2.05) is 0 Å². The number of rotatable bonds is 1. The van der Waals surface area contributed by atoms with Gasteiger partial charge in [-0.2, -0.15) is 0 Å². The number of carboxylic acid groups (broad SMARTS) is 1. The van der Waals surface area contributed by atoms with Gasteiger partial charge >= 0.3 is 12.1 Å². The SMILES string of the molecule is CC(C)(C)OC(=O)N1Cc2ccc(F)cc2C[C@@H]1C(=O)O. The maximum absolute atomic E-state index is 13.2. The highest BCUT2D eigenvalue weighted by atomic mass is 19.1. The van der Waals surface area contributed by atoms with Gasteiger partial charge in [-0.1, -0.05) is 6.07 Å². The molecule has 1 aromatic rings. The van der Waals surface area contributed by atoms with Crippen LogP contribution in [0, 0.1) is 5.82 Å². The van der Waals surface area contributed by atoms with Gasteiger partial charge in [0.15, 0.2) is 0 Å². The number of carboxylic acids is 1. The van der Waals surface area contributed by atoms with Gasteiger partial charge in [-0.25, -0.2) is 14.0 Å². The molecule has 6 heteroatoms. The van der Waals surface area contributed by atoms with E-state index >= 15 is 0 Å². The van der Waals surface area contributed by atoms with Crippen LogP contribution >= 0.6 is 0 Å². The summed E-state index contributed by atoms with van der Waals surface area (Å²) in [6.45, 7) is 5.25. The number of hydrogen-bond donors (Lipinski definition) is 1. The average Bonchev–Trinajstić information content (AvgIpc) is 2.34. The van der Waals surface area contributed by atoms with Gasteiger partial charge in [0.25, 0.3) is 0 Å². The van der Waals surface area contributed by atoms with Gasteiger partial charge in [-0.3, -0.25) is 4.90 Å². The summed E-state index contributed by atoms with van der Waals surface area (Å²) in [5.41, 5.74) is 0.644. The largest absolute Gasteiger partial charge is 0.480 e. The highest BCUT2D eigenvalue weighted by molar-refractivity contribution is 5.81. The maximum atomic E-state index is 13.2. The van der Waals surface area contributed by atoms with Crippen molar-refractivity contribution in [3.8, 4) is 0 Å². The quantitative estimate of drug-likeness (QED) is 0.864. The first kappa shape index (κ1) is 15.3. The van der Waals surface area contributed by atoms with Gasteiger partial charge in [0, 0.05) is 6.42 Å². The third-order valence-electron chi connectivity index (χ3n) is 3.21. The highest BCUT2D eigenvalue weighted by Gasteiger charge is 2.37. The smallest absolute Gasteiger partial charge is 0.411 e. The number of amides is 1. The van der Waals surface area contributed by atoms with Crippen LogP contribution in [0.3, 0.4) is 0 Å². The van der Waals surface area contributed by atoms with E-state index in [2.05, 4.69) is 0 Å². The summed E-state index contributed by atoms with van der Waals surface area (Å²) in [6, 6.07) is 3.14. The standard InChI is InChI=1S/C15H18FNO4/c1-15(2,3)21-14(20)17-8-9-4-5-11(16)6-10(9)7-12(17)13(18)19/h4-6,12H,7-8H2,1-3H3,(H,18,19)/t12-/m1/s1. The molecule has 5 nitrogen and oxygen atoms in total. The van der Waals surface area contributed by atoms with E-state index in [0.29, 0.717) is 5.56 Å². The van der Waals surface area contributed by atoms with Crippen molar-refractivity contribution in [1.82, 2.24) is 4.90 Å². The molecule has 21 heavy (non-hydrogen) atoms. The summed E-state index contributed by atoms with van der Waals surface area (Å²) >= 11 is 0. The van der Waals surface area contributed by atoms with Crippen molar-refractivity contribution < 1.29 is 23.8 Å². The molecule has 1 amide bonds. The molecule has 0 aromatic heterocycles. The minimum atomic E-state index is -1.13. The van der Waals surface area contributed by atoms with Crippen LogP contribution in [0.4, 0.5) is 9.18 Å². The first-order valence-corrected chi connectivity index (χ1v) is 6.67. The number of aliphatic carboxylic acids is 1. The van der Waals surface area contributed by atoms with Gasteiger partial charge < -0.3 is 9.84 Å². The number of fused-ring (bicyclic) bond motifs is 1. The van der Waals surface area contributed by atoms with Crippen molar-refractivity contribution in [3.05, 3.63) is 35.1 Å². The molecule has 1 aliphatic rings. The number of nitrogens with zero attached hydrogens (tertiary/aromatic N) is 1. The Balaban J connectivity index is 2.30. The molecule has 0 fully saturated rings. The molecule has 0 aliphatic carbocycles. The van der Waals surface area contributed by atoms with Gasteiger partial charge in [-0.15, -0.1) is 0 Å². The fourth-order valence-electron chi connectivity index (χ4n) is 2.28. The molecule has 1 aromatic carbocycles. The molecule has 0 spiro atoms. The van der Waals surface area contributed by atoms with Crippen LogP contribution in [0.25, 0.3) is 0 Å². The molecule has 2 rings (SSSR count). The topological polar surface area (TPSA) is 66.8 Å². The van der Waals surface area contributed by atoms with Crippen LogP contribution in [-0.4, -0.2) is 33.7 Å². The van der Waals surface area contributed by atoms with E-state index in [4.69, 9.17) is 4.74 Å². The van der Waals surface area contributed by atoms with Crippen LogP contribution in [0.5, 0.6) is 0 Å². The third kappa shape index (κ3) is 3.51. The second-order valence-corrected chi connectivity index (χ2v) is 6.08. The van der Waals surface area contributed by atoms with E-state index in [1.165, 1.54) is 17.0 Å². The number of benzene rings is 1. The normalized spacial score (nSPS) is 18.1. The Bertz CT molecular complexity index is 580. The molecule has 1 N–H and O–H groups in total.